The highest BCUT2D eigenvalue weighted by Gasteiger charge is 2.67. The molecule has 0 aromatic rings. The van der Waals surface area contributed by atoms with Crippen molar-refractivity contribution in [3.8, 4) is 0 Å². The molecular weight excluding hydrogens is 372 g/mol. The molecule has 4 nitrogen and oxygen atoms in total. The fourth-order valence-electron chi connectivity index (χ4n) is 8.28. The summed E-state index contributed by atoms with van der Waals surface area (Å²) in [5, 5.41) is 18.6. The Labute approximate surface area is 182 Å². The fourth-order valence-corrected chi connectivity index (χ4v) is 8.28. The van der Waals surface area contributed by atoms with Crippen LogP contribution in [0.25, 0.3) is 0 Å². The molecule has 30 heavy (non-hydrogen) atoms. The zero-order valence-electron chi connectivity index (χ0n) is 19.9. The normalized spacial score (nSPS) is 48.0. The molecule has 0 amide bonds. The maximum atomic E-state index is 12.0. The van der Waals surface area contributed by atoms with E-state index in [9.17, 15) is 9.90 Å². The van der Waals surface area contributed by atoms with Crippen LogP contribution in [0.5, 0.6) is 0 Å². The SMILES string of the molecule is CC/C(=N/N(C)C)[C@@]1(C)[C@H](C)C[C@H]2[C@@H]3CCC4=CC(=O)C=C[C@]4(C)[C@H]3[C@@H](O)C[C@@]21C. The zero-order chi connectivity index (χ0) is 22.1. The summed E-state index contributed by atoms with van der Waals surface area (Å²) < 4.78 is 0. The van der Waals surface area contributed by atoms with Gasteiger partial charge in [-0.05, 0) is 67.4 Å². The van der Waals surface area contributed by atoms with Crippen LogP contribution >= 0.6 is 0 Å². The molecule has 166 valence electrons. The molecule has 4 aliphatic carbocycles. The van der Waals surface area contributed by atoms with Crippen LogP contribution in [-0.4, -0.2) is 41.8 Å². The van der Waals surface area contributed by atoms with Crippen molar-refractivity contribution in [1.82, 2.24) is 5.01 Å². The number of fused-ring (bicyclic) bond motifs is 5. The number of rotatable bonds is 3. The Kier molecular flexibility index (Phi) is 5.12. The molecule has 0 unspecified atom stereocenters. The van der Waals surface area contributed by atoms with E-state index in [4.69, 9.17) is 5.10 Å². The van der Waals surface area contributed by atoms with Crippen molar-refractivity contribution in [3.05, 3.63) is 23.8 Å². The van der Waals surface area contributed by atoms with Gasteiger partial charge in [-0.3, -0.25) is 4.79 Å². The lowest BCUT2D eigenvalue weighted by molar-refractivity contribution is -0.124. The van der Waals surface area contributed by atoms with Gasteiger partial charge in [0.05, 0.1) is 6.10 Å². The number of aliphatic hydroxyl groups is 1. The predicted octanol–water partition coefficient (Wildman–Crippen LogP) is 4.85. The van der Waals surface area contributed by atoms with E-state index >= 15 is 0 Å². The average molecular weight is 413 g/mol. The summed E-state index contributed by atoms with van der Waals surface area (Å²) in [5.41, 5.74) is 2.34. The Morgan fingerprint density at radius 3 is 2.63 bits per heavy atom. The molecule has 0 aliphatic heterocycles. The van der Waals surface area contributed by atoms with Crippen molar-refractivity contribution in [2.75, 3.05) is 14.1 Å². The van der Waals surface area contributed by atoms with Gasteiger partial charge < -0.3 is 10.1 Å². The number of carbonyl (C=O) groups is 1. The molecule has 0 spiro atoms. The molecule has 3 saturated carbocycles. The number of carbonyl (C=O) groups excluding carboxylic acids is 1. The number of hydrogen-bond acceptors (Lipinski definition) is 4. The summed E-state index contributed by atoms with van der Waals surface area (Å²) in [7, 11) is 4.02. The second-order valence-corrected chi connectivity index (χ2v) is 11.3. The van der Waals surface area contributed by atoms with Crippen LogP contribution in [0.1, 0.15) is 66.7 Å². The largest absolute Gasteiger partial charge is 0.393 e. The number of aliphatic hydroxyl groups excluding tert-OH is 1. The van der Waals surface area contributed by atoms with Crippen molar-refractivity contribution < 1.29 is 9.90 Å². The quantitative estimate of drug-likeness (QED) is 0.533. The Bertz CT molecular complexity index is 827. The maximum absolute atomic E-state index is 12.0. The minimum Gasteiger partial charge on any atom is -0.393 e. The third-order valence-electron chi connectivity index (χ3n) is 9.92. The molecule has 0 heterocycles. The van der Waals surface area contributed by atoms with Crippen LogP contribution in [0.2, 0.25) is 0 Å². The van der Waals surface area contributed by atoms with E-state index in [0.29, 0.717) is 17.8 Å². The van der Waals surface area contributed by atoms with Gasteiger partial charge in [0.25, 0.3) is 0 Å². The zero-order valence-corrected chi connectivity index (χ0v) is 19.9. The van der Waals surface area contributed by atoms with E-state index in [1.54, 1.807) is 6.08 Å². The molecule has 4 aliphatic rings. The molecule has 1 N–H and O–H groups in total. The lowest BCUT2D eigenvalue weighted by Crippen LogP contribution is -2.58. The summed E-state index contributed by atoms with van der Waals surface area (Å²) in [6, 6.07) is 0. The van der Waals surface area contributed by atoms with Crippen molar-refractivity contribution in [1.29, 1.82) is 0 Å². The topological polar surface area (TPSA) is 52.9 Å². The minimum absolute atomic E-state index is 0.0158. The monoisotopic (exact) mass is 412 g/mol. The molecule has 8 atom stereocenters. The van der Waals surface area contributed by atoms with Gasteiger partial charge in [0.2, 0.25) is 0 Å². The van der Waals surface area contributed by atoms with Gasteiger partial charge in [-0.25, -0.2) is 0 Å². The van der Waals surface area contributed by atoms with Crippen LogP contribution in [-0.2, 0) is 4.79 Å². The third-order valence-corrected chi connectivity index (χ3v) is 9.92. The highest BCUT2D eigenvalue weighted by atomic mass is 16.3. The lowest BCUT2D eigenvalue weighted by atomic mass is 9.44. The first-order valence-corrected chi connectivity index (χ1v) is 11.9. The molecule has 4 heteroatoms. The Morgan fingerprint density at radius 2 is 2.00 bits per heavy atom. The third kappa shape index (κ3) is 2.75. The van der Waals surface area contributed by atoms with Crippen LogP contribution in [0.15, 0.2) is 28.9 Å². The van der Waals surface area contributed by atoms with Crippen LogP contribution in [0, 0.1) is 39.9 Å². The number of hydrogen-bond donors (Lipinski definition) is 1. The van der Waals surface area contributed by atoms with Gasteiger partial charge in [0.15, 0.2) is 5.78 Å². The maximum Gasteiger partial charge on any atom is 0.178 e. The first-order valence-electron chi connectivity index (χ1n) is 11.9. The summed E-state index contributed by atoms with van der Waals surface area (Å²) in [4.78, 5) is 12.0. The van der Waals surface area contributed by atoms with E-state index in [-0.39, 0.29) is 34.1 Å². The van der Waals surface area contributed by atoms with Crippen molar-refractivity contribution in [2.24, 2.45) is 45.0 Å². The molecule has 0 radical (unpaired) electrons. The van der Waals surface area contributed by atoms with Crippen LogP contribution < -0.4 is 0 Å². The van der Waals surface area contributed by atoms with Crippen molar-refractivity contribution in [2.45, 2.75) is 72.8 Å². The van der Waals surface area contributed by atoms with Gasteiger partial charge in [0.1, 0.15) is 0 Å². The van der Waals surface area contributed by atoms with Gasteiger partial charge >= 0.3 is 0 Å². The van der Waals surface area contributed by atoms with Crippen molar-refractivity contribution >= 4 is 11.5 Å². The second kappa shape index (κ2) is 7.05. The molecule has 0 bridgehead atoms. The van der Waals surface area contributed by atoms with Crippen molar-refractivity contribution in [3.63, 3.8) is 0 Å². The Morgan fingerprint density at radius 1 is 1.30 bits per heavy atom. The standard InChI is InChI=1S/C26H40N2O2/c1-8-22(27-28(6)7)26(5)16(2)13-20-19-10-9-17-14-18(29)11-12-24(17,3)23(19)21(30)15-25(20,26)4/h11-12,14,16,19-21,23,30H,8-10,13,15H2,1-7H3/b27-22-/t16-,19+,20+,21+,23-,24+,25+,26-/m1/s1. The summed E-state index contributed by atoms with van der Waals surface area (Å²) in [5.74, 6) is 1.90. The molecule has 0 aromatic heterocycles. The smallest absolute Gasteiger partial charge is 0.178 e. The molecular formula is C26H40N2O2. The molecule has 4 rings (SSSR count). The molecule has 0 aromatic carbocycles. The highest BCUT2D eigenvalue weighted by molar-refractivity contribution is 6.01. The summed E-state index contributed by atoms with van der Waals surface area (Å²) in [6.07, 6.45) is 10.3. The number of hydrazone groups is 1. The predicted molar refractivity (Wildman–Crippen MR) is 122 cm³/mol. The first-order chi connectivity index (χ1) is 14.0. The average Bonchev–Trinajstić information content (AvgIpc) is 2.87. The second-order valence-electron chi connectivity index (χ2n) is 11.3. The molecule has 0 saturated heterocycles. The number of allylic oxidation sites excluding steroid dienone is 4. The van der Waals surface area contributed by atoms with E-state index < -0.39 is 0 Å². The highest BCUT2D eigenvalue weighted by Crippen LogP contribution is 2.71. The summed E-state index contributed by atoms with van der Waals surface area (Å²) in [6.45, 7) is 11.7. The van der Waals surface area contributed by atoms with E-state index in [1.807, 2.05) is 25.2 Å². The van der Waals surface area contributed by atoms with Gasteiger partial charge in [-0.1, -0.05) is 46.3 Å². The first kappa shape index (κ1) is 21.8. The van der Waals surface area contributed by atoms with E-state index in [0.717, 1.165) is 25.7 Å². The van der Waals surface area contributed by atoms with Crippen LogP contribution in [0.4, 0.5) is 0 Å². The molecule has 3 fully saturated rings. The lowest BCUT2D eigenvalue weighted by Gasteiger charge is -2.60. The van der Waals surface area contributed by atoms with E-state index in [1.165, 1.54) is 17.7 Å². The summed E-state index contributed by atoms with van der Waals surface area (Å²) >= 11 is 0. The van der Waals surface area contributed by atoms with Gasteiger partial charge in [0, 0.05) is 36.6 Å². The number of ketones is 1. The minimum atomic E-state index is -0.357. The van der Waals surface area contributed by atoms with E-state index in [2.05, 4.69) is 40.7 Å². The van der Waals surface area contributed by atoms with Gasteiger partial charge in [-0.2, -0.15) is 5.10 Å². The fraction of sp³-hybridized carbons (Fsp3) is 0.769. The van der Waals surface area contributed by atoms with Crippen LogP contribution in [0.3, 0.4) is 0 Å². The van der Waals surface area contributed by atoms with Gasteiger partial charge in [-0.15, -0.1) is 0 Å². The Balaban J connectivity index is 1.78. The number of nitrogens with zero attached hydrogens (tertiary/aromatic N) is 2. The Hall–Kier alpha value is -1.42.